The summed E-state index contributed by atoms with van der Waals surface area (Å²) in [4.78, 5) is 13.6. The molecule has 0 saturated carbocycles. The van der Waals surface area contributed by atoms with E-state index in [0.717, 1.165) is 12.8 Å². The molecule has 1 unspecified atom stereocenters. The fourth-order valence-electron chi connectivity index (χ4n) is 2.10. The third-order valence-electron chi connectivity index (χ3n) is 3.16. The minimum atomic E-state index is -3.14. The Morgan fingerprint density at radius 1 is 1.28 bits per heavy atom. The topological polar surface area (TPSA) is 83.7 Å². The van der Waals surface area contributed by atoms with E-state index in [1.54, 1.807) is 4.90 Å². The molecule has 106 valence electrons. The maximum absolute atomic E-state index is 11.9. The van der Waals surface area contributed by atoms with Crippen LogP contribution in [0, 0.1) is 0 Å². The van der Waals surface area contributed by atoms with E-state index in [4.69, 9.17) is 5.73 Å². The zero-order valence-electron chi connectivity index (χ0n) is 11.1. The van der Waals surface area contributed by atoms with Crippen LogP contribution < -0.4 is 5.73 Å². The van der Waals surface area contributed by atoms with Gasteiger partial charge in [-0.05, 0) is 6.42 Å². The van der Waals surface area contributed by atoms with Crippen LogP contribution in [-0.4, -0.2) is 62.0 Å². The number of rotatable bonds is 5. The van der Waals surface area contributed by atoms with Gasteiger partial charge in [-0.25, -0.2) is 8.42 Å². The van der Waals surface area contributed by atoms with Crippen molar-refractivity contribution in [2.24, 2.45) is 5.73 Å². The van der Waals surface area contributed by atoms with Crippen LogP contribution in [0.15, 0.2) is 0 Å². The van der Waals surface area contributed by atoms with Gasteiger partial charge >= 0.3 is 0 Å². The fraction of sp³-hybridized carbons (Fsp3) is 0.909. The van der Waals surface area contributed by atoms with Crippen LogP contribution in [-0.2, 0) is 14.8 Å². The van der Waals surface area contributed by atoms with E-state index in [2.05, 4.69) is 0 Å². The van der Waals surface area contributed by atoms with Crippen LogP contribution in [0.25, 0.3) is 0 Å². The number of hydrogen-bond donors (Lipinski definition) is 1. The Kier molecular flexibility index (Phi) is 5.55. The summed E-state index contributed by atoms with van der Waals surface area (Å²) >= 11 is 0. The normalized spacial score (nSPS) is 19.8. The van der Waals surface area contributed by atoms with Gasteiger partial charge in [-0.15, -0.1) is 0 Å². The Morgan fingerprint density at radius 3 is 2.28 bits per heavy atom. The summed E-state index contributed by atoms with van der Waals surface area (Å²) in [6, 6.07) is -0.0876. The van der Waals surface area contributed by atoms with Crippen molar-refractivity contribution < 1.29 is 13.2 Å². The highest BCUT2D eigenvalue weighted by Crippen LogP contribution is 2.09. The number of piperazine rings is 1. The number of nitrogens with zero attached hydrogens (tertiary/aromatic N) is 2. The quantitative estimate of drug-likeness (QED) is 0.741. The molecule has 1 amide bonds. The first kappa shape index (κ1) is 15.4. The molecule has 0 radical (unpaired) electrons. The summed E-state index contributed by atoms with van der Waals surface area (Å²) in [7, 11) is -3.14. The molecule has 7 heteroatoms. The lowest BCUT2D eigenvalue weighted by Gasteiger charge is -2.33. The second kappa shape index (κ2) is 6.49. The molecular weight excluding hydrogens is 254 g/mol. The van der Waals surface area contributed by atoms with Crippen LogP contribution in [0.5, 0.6) is 0 Å². The summed E-state index contributed by atoms with van der Waals surface area (Å²) in [5.74, 6) is 0.0316. The lowest BCUT2D eigenvalue weighted by Crippen LogP contribution is -2.51. The molecule has 0 aliphatic carbocycles. The summed E-state index contributed by atoms with van der Waals surface area (Å²) in [5, 5.41) is 0. The molecule has 1 aliphatic heterocycles. The molecular formula is C11H23N3O3S. The van der Waals surface area contributed by atoms with Gasteiger partial charge in [0.1, 0.15) is 0 Å². The van der Waals surface area contributed by atoms with Crippen molar-refractivity contribution in [1.29, 1.82) is 0 Å². The number of sulfonamides is 1. The second-order valence-corrected chi connectivity index (χ2v) is 6.78. The van der Waals surface area contributed by atoms with E-state index in [1.807, 2.05) is 6.92 Å². The number of nitrogens with two attached hydrogens (primary N) is 1. The van der Waals surface area contributed by atoms with E-state index in [9.17, 15) is 13.2 Å². The molecule has 18 heavy (non-hydrogen) atoms. The molecule has 1 atom stereocenters. The summed E-state index contributed by atoms with van der Waals surface area (Å²) < 4.78 is 24.1. The van der Waals surface area contributed by atoms with Crippen molar-refractivity contribution in [2.45, 2.75) is 32.2 Å². The van der Waals surface area contributed by atoms with Gasteiger partial charge in [0, 0.05) is 38.6 Å². The fourth-order valence-corrected chi connectivity index (χ4v) is 2.92. The van der Waals surface area contributed by atoms with E-state index < -0.39 is 10.0 Å². The largest absolute Gasteiger partial charge is 0.340 e. The van der Waals surface area contributed by atoms with Crippen LogP contribution in [0.1, 0.15) is 26.2 Å². The molecule has 2 N–H and O–H groups in total. The average Bonchev–Trinajstić information content (AvgIpc) is 2.28. The lowest BCUT2D eigenvalue weighted by molar-refractivity contribution is -0.132. The molecule has 6 nitrogen and oxygen atoms in total. The Labute approximate surface area is 109 Å². The van der Waals surface area contributed by atoms with Gasteiger partial charge in [0.2, 0.25) is 15.9 Å². The van der Waals surface area contributed by atoms with E-state index in [1.165, 1.54) is 10.6 Å². The Morgan fingerprint density at radius 2 is 1.83 bits per heavy atom. The van der Waals surface area contributed by atoms with Crippen LogP contribution in [0.2, 0.25) is 0 Å². The van der Waals surface area contributed by atoms with E-state index in [-0.39, 0.29) is 11.9 Å². The Hall–Kier alpha value is -0.660. The van der Waals surface area contributed by atoms with Gasteiger partial charge in [-0.2, -0.15) is 4.31 Å². The molecule has 0 aromatic rings. The van der Waals surface area contributed by atoms with Gasteiger partial charge in [-0.3, -0.25) is 4.79 Å². The minimum absolute atomic E-state index is 0.0316. The smallest absolute Gasteiger partial charge is 0.224 e. The van der Waals surface area contributed by atoms with E-state index in [0.29, 0.717) is 32.6 Å². The third-order valence-corrected chi connectivity index (χ3v) is 4.46. The van der Waals surface area contributed by atoms with Crippen molar-refractivity contribution in [2.75, 3.05) is 32.4 Å². The Bertz CT molecular complexity index is 375. The molecule has 1 saturated heterocycles. The van der Waals surface area contributed by atoms with Gasteiger partial charge in [0.15, 0.2) is 0 Å². The van der Waals surface area contributed by atoms with Crippen molar-refractivity contribution >= 4 is 15.9 Å². The number of hydrogen-bond acceptors (Lipinski definition) is 4. The van der Waals surface area contributed by atoms with Crippen LogP contribution in [0.3, 0.4) is 0 Å². The summed E-state index contributed by atoms with van der Waals surface area (Å²) in [5.41, 5.74) is 5.83. The van der Waals surface area contributed by atoms with Gasteiger partial charge in [0.25, 0.3) is 0 Å². The molecule has 0 aromatic carbocycles. The molecule has 1 heterocycles. The van der Waals surface area contributed by atoms with Crippen LogP contribution in [0.4, 0.5) is 0 Å². The predicted molar refractivity (Wildman–Crippen MR) is 70.5 cm³/mol. The maximum Gasteiger partial charge on any atom is 0.224 e. The van der Waals surface area contributed by atoms with Crippen LogP contribution >= 0.6 is 0 Å². The SMILES string of the molecule is CCCC(N)CC(=O)N1CCN(S(C)(=O)=O)CC1. The van der Waals surface area contributed by atoms with Crippen molar-refractivity contribution in [3.05, 3.63) is 0 Å². The zero-order valence-corrected chi connectivity index (χ0v) is 11.9. The predicted octanol–water partition coefficient (Wildman–Crippen LogP) is -0.392. The standard InChI is InChI=1S/C11H23N3O3S/c1-3-4-10(12)9-11(15)13-5-7-14(8-6-13)18(2,16)17/h10H,3-9,12H2,1-2H3. The molecule has 0 spiro atoms. The first-order chi connectivity index (χ1) is 8.34. The van der Waals surface area contributed by atoms with Crippen molar-refractivity contribution in [3.8, 4) is 0 Å². The summed E-state index contributed by atoms with van der Waals surface area (Å²) in [6.07, 6.45) is 3.36. The Balaban J connectivity index is 2.41. The highest BCUT2D eigenvalue weighted by Gasteiger charge is 2.26. The first-order valence-corrected chi connectivity index (χ1v) is 8.18. The number of amides is 1. The first-order valence-electron chi connectivity index (χ1n) is 6.33. The van der Waals surface area contributed by atoms with E-state index >= 15 is 0 Å². The highest BCUT2D eigenvalue weighted by atomic mass is 32.2. The number of carbonyl (C=O) groups excluding carboxylic acids is 1. The molecule has 0 aromatic heterocycles. The zero-order chi connectivity index (χ0) is 13.8. The van der Waals surface area contributed by atoms with Crippen molar-refractivity contribution in [1.82, 2.24) is 9.21 Å². The molecule has 1 fully saturated rings. The van der Waals surface area contributed by atoms with Crippen molar-refractivity contribution in [3.63, 3.8) is 0 Å². The third kappa shape index (κ3) is 4.55. The number of carbonyl (C=O) groups is 1. The van der Waals surface area contributed by atoms with Gasteiger partial charge in [0.05, 0.1) is 6.26 Å². The van der Waals surface area contributed by atoms with Gasteiger partial charge < -0.3 is 10.6 Å². The molecule has 1 rings (SSSR count). The molecule has 1 aliphatic rings. The monoisotopic (exact) mass is 277 g/mol. The van der Waals surface area contributed by atoms with Gasteiger partial charge in [-0.1, -0.05) is 13.3 Å². The highest BCUT2D eigenvalue weighted by molar-refractivity contribution is 7.88. The average molecular weight is 277 g/mol. The minimum Gasteiger partial charge on any atom is -0.340 e. The second-order valence-electron chi connectivity index (χ2n) is 4.80. The lowest BCUT2D eigenvalue weighted by atomic mass is 10.1. The molecule has 0 bridgehead atoms. The maximum atomic E-state index is 11.9. The summed E-state index contributed by atoms with van der Waals surface area (Å²) in [6.45, 7) is 3.73.